The number of methoxy groups -OCH3 is 4. The van der Waals surface area contributed by atoms with Gasteiger partial charge in [0, 0.05) is 37.9 Å². The van der Waals surface area contributed by atoms with Gasteiger partial charge in [-0.3, -0.25) is 0 Å². The van der Waals surface area contributed by atoms with Gasteiger partial charge in [0.05, 0.1) is 28.4 Å². The highest BCUT2D eigenvalue weighted by atomic mass is 16.5. The fraction of sp³-hybridized carbons (Fsp3) is 0.583. The van der Waals surface area contributed by atoms with Crippen LogP contribution in [0.1, 0.15) is 42.5 Å². The number of carbonyl (C=O) groups excluding carboxylic acids is 4. The highest BCUT2D eigenvalue weighted by Crippen LogP contribution is 1.86. The summed E-state index contributed by atoms with van der Waals surface area (Å²) in [6.45, 7) is 10.2. The van der Waals surface area contributed by atoms with Gasteiger partial charge < -0.3 is 41.0 Å². The molecular formula is C24H52N8O8. The number of carbonyl (C=O) groups is 4. The average Bonchev–Trinajstić information content (AvgIpc) is 3.65. The maximum absolute atomic E-state index is 10.6. The van der Waals surface area contributed by atoms with Gasteiger partial charge in [0.25, 0.3) is 0 Å². The van der Waals surface area contributed by atoms with Crippen molar-refractivity contribution in [2.45, 2.75) is 42.5 Å². The summed E-state index contributed by atoms with van der Waals surface area (Å²) < 4.78 is 19.7. The van der Waals surface area contributed by atoms with E-state index in [1.807, 2.05) is 27.7 Å². The third-order valence-corrected chi connectivity index (χ3v) is 2.79. The topological polar surface area (TPSA) is 217 Å². The van der Waals surface area contributed by atoms with Crippen LogP contribution < -0.4 is 22.1 Å². The third kappa shape index (κ3) is 36.0. The minimum atomic E-state index is -0.424. The van der Waals surface area contributed by atoms with Gasteiger partial charge in [-0.25, -0.2) is 38.3 Å². The van der Waals surface area contributed by atoms with Crippen molar-refractivity contribution in [2.75, 3.05) is 54.6 Å². The summed E-state index contributed by atoms with van der Waals surface area (Å²) in [5.74, 6) is 0. The lowest BCUT2D eigenvalue weighted by molar-refractivity contribution is 0.171. The van der Waals surface area contributed by atoms with Gasteiger partial charge in [-0.2, -0.15) is 0 Å². The zero-order valence-electron chi connectivity index (χ0n) is 23.5. The molecule has 0 radical (unpaired) electrons. The van der Waals surface area contributed by atoms with Gasteiger partial charge in [-0.1, -0.05) is 28.7 Å². The predicted molar refractivity (Wildman–Crippen MR) is 155 cm³/mol. The summed E-state index contributed by atoms with van der Waals surface area (Å²) in [5.41, 5.74) is 9.69. The van der Waals surface area contributed by atoms with Gasteiger partial charge in [0.15, 0.2) is 0 Å². The second kappa shape index (κ2) is 39.3. The summed E-state index contributed by atoms with van der Waals surface area (Å²) in [5, 5.41) is 4.87. The maximum Gasteiger partial charge on any atom is 0.418 e. The van der Waals surface area contributed by atoms with Crippen molar-refractivity contribution < 1.29 is 38.1 Å². The summed E-state index contributed by atoms with van der Waals surface area (Å²) in [7, 11) is 5.32. The van der Waals surface area contributed by atoms with Crippen molar-refractivity contribution in [2.24, 2.45) is 11.5 Å². The first-order chi connectivity index (χ1) is 18.1. The van der Waals surface area contributed by atoms with E-state index in [1.165, 1.54) is 75.0 Å². The molecule has 0 saturated heterocycles. The molecule has 40 heavy (non-hydrogen) atoms. The molecule has 2 aromatic heterocycles. The molecule has 0 aliphatic heterocycles. The quantitative estimate of drug-likeness (QED) is 0.377. The van der Waals surface area contributed by atoms with E-state index in [0.29, 0.717) is 13.1 Å². The first-order valence-electron chi connectivity index (χ1n) is 11.3. The molecule has 0 spiro atoms. The number of alkyl carbamates (subject to hydrolysis) is 2. The number of hydrogen-bond acceptors (Lipinski definition) is 12. The molecule has 6 N–H and O–H groups in total. The molecule has 16 nitrogen and oxygen atoms in total. The number of aromatic nitrogens is 4. The van der Waals surface area contributed by atoms with Gasteiger partial charge in [0.2, 0.25) is 0 Å². The minimum absolute atomic E-state index is 0. The molecule has 0 atom stereocenters. The number of amides is 2. The van der Waals surface area contributed by atoms with Crippen LogP contribution in [-0.2, 0) is 18.9 Å². The number of nitrogens with two attached hydrogens (primary N) is 2. The van der Waals surface area contributed by atoms with Crippen molar-refractivity contribution in [3.63, 3.8) is 0 Å². The highest BCUT2D eigenvalue weighted by molar-refractivity contribution is 5.70. The number of nitrogens with zero attached hydrogens (tertiary/aromatic N) is 4. The molecule has 0 fully saturated rings. The third-order valence-electron chi connectivity index (χ3n) is 2.79. The van der Waals surface area contributed by atoms with Crippen LogP contribution in [0.15, 0.2) is 37.4 Å². The van der Waals surface area contributed by atoms with E-state index in [1.54, 1.807) is 0 Å². The van der Waals surface area contributed by atoms with Crippen LogP contribution in [0.4, 0.5) is 19.2 Å². The van der Waals surface area contributed by atoms with Crippen molar-refractivity contribution in [3.05, 3.63) is 37.4 Å². The Bertz CT molecular complexity index is 723. The van der Waals surface area contributed by atoms with Crippen LogP contribution >= 0.6 is 0 Å². The van der Waals surface area contributed by atoms with E-state index in [4.69, 9.17) is 11.5 Å². The number of rotatable bonds is 2. The predicted octanol–water partition coefficient (Wildman–Crippen LogP) is 2.92. The molecule has 2 rings (SSSR count). The van der Waals surface area contributed by atoms with Gasteiger partial charge >= 0.3 is 24.4 Å². The molecule has 0 bridgehead atoms. The zero-order chi connectivity index (χ0) is 30.2. The minimum Gasteiger partial charge on any atom is -0.453 e. The van der Waals surface area contributed by atoms with E-state index < -0.39 is 12.2 Å². The van der Waals surface area contributed by atoms with Crippen molar-refractivity contribution in [1.29, 1.82) is 0 Å². The molecule has 2 aromatic rings. The lowest BCUT2D eigenvalue weighted by Gasteiger charge is -1.95. The van der Waals surface area contributed by atoms with Gasteiger partial charge in [-0.05, 0) is 26.9 Å². The van der Waals surface area contributed by atoms with Gasteiger partial charge in [0.1, 0.15) is 12.7 Å². The summed E-state index contributed by atoms with van der Waals surface area (Å²) in [6, 6.07) is 0. The molecule has 0 unspecified atom stereocenters. The fourth-order valence-corrected chi connectivity index (χ4v) is 1.38. The summed E-state index contributed by atoms with van der Waals surface area (Å²) in [6.07, 6.45) is 7.23. The first kappa shape index (κ1) is 48.8. The van der Waals surface area contributed by atoms with E-state index in [9.17, 15) is 19.2 Å². The SMILES string of the molecule is C.C.CCN.CCN.CCNC(=O)OC.CCNC(=O)OC.COC(=O)n1ccnc1.COC(=O)n1ccnc1. The Hall–Kier alpha value is -4.18. The number of nitrogens with one attached hydrogen (secondary N) is 2. The van der Waals surface area contributed by atoms with Gasteiger partial charge in [-0.15, -0.1) is 0 Å². The molecular weight excluding hydrogens is 528 g/mol. The molecule has 236 valence electrons. The molecule has 0 saturated carbocycles. The van der Waals surface area contributed by atoms with Crippen LogP contribution in [0, 0.1) is 0 Å². The summed E-state index contributed by atoms with van der Waals surface area (Å²) >= 11 is 0. The summed E-state index contributed by atoms with van der Waals surface area (Å²) in [4.78, 5) is 48.6. The molecule has 0 aromatic carbocycles. The highest BCUT2D eigenvalue weighted by Gasteiger charge is 1.99. The second-order valence-electron chi connectivity index (χ2n) is 5.74. The van der Waals surface area contributed by atoms with Crippen LogP contribution in [0.25, 0.3) is 0 Å². The first-order valence-corrected chi connectivity index (χ1v) is 11.3. The average molecular weight is 581 g/mol. The van der Waals surface area contributed by atoms with Crippen molar-refractivity contribution in [3.8, 4) is 0 Å². The molecule has 2 heterocycles. The molecule has 16 heteroatoms. The number of imidazole rings is 2. The number of hydrogen-bond donors (Lipinski definition) is 4. The lowest BCUT2D eigenvalue weighted by atomic mass is 10.8. The monoisotopic (exact) mass is 580 g/mol. The van der Waals surface area contributed by atoms with E-state index in [2.05, 4.69) is 39.5 Å². The standard InChI is InChI=1S/2C5H6N2O2.2C4H9NO2.2C2H7N.2CH4/c2*1-9-5(8)7-3-2-6-4-7;2*1-3-5-4(6)7-2;2*1-2-3;;/h2*2-4H,1H3;2*3H2,1-2H3,(H,5,6);2*2-3H2,1H3;2*1H4. The largest absolute Gasteiger partial charge is 0.453 e. The Morgan fingerprint density at radius 3 is 1.05 bits per heavy atom. The molecule has 0 aliphatic rings. The normalized spacial score (nSPS) is 7.65. The maximum atomic E-state index is 10.6. The van der Waals surface area contributed by atoms with Crippen LogP contribution in [0.3, 0.4) is 0 Å². The van der Waals surface area contributed by atoms with E-state index in [0.717, 1.165) is 13.1 Å². The van der Waals surface area contributed by atoms with Crippen LogP contribution in [-0.4, -0.2) is 98.1 Å². The Kier molecular flexibility index (Phi) is 48.0. The van der Waals surface area contributed by atoms with E-state index >= 15 is 0 Å². The van der Waals surface area contributed by atoms with Crippen molar-refractivity contribution >= 4 is 24.4 Å². The fourth-order valence-electron chi connectivity index (χ4n) is 1.38. The Morgan fingerprint density at radius 2 is 0.925 bits per heavy atom. The molecule has 2 amide bonds. The second-order valence-corrected chi connectivity index (χ2v) is 5.74. The zero-order valence-corrected chi connectivity index (χ0v) is 23.5. The van der Waals surface area contributed by atoms with Crippen LogP contribution in [0.5, 0.6) is 0 Å². The number of ether oxygens (including phenoxy) is 4. The smallest absolute Gasteiger partial charge is 0.418 e. The van der Waals surface area contributed by atoms with Crippen molar-refractivity contribution in [1.82, 2.24) is 29.7 Å². The Labute approximate surface area is 238 Å². The Morgan fingerprint density at radius 1 is 0.650 bits per heavy atom. The lowest BCUT2D eigenvalue weighted by Crippen LogP contribution is -2.21. The van der Waals surface area contributed by atoms with E-state index in [-0.39, 0.29) is 27.0 Å². The Balaban J connectivity index is -0.0000000895. The van der Waals surface area contributed by atoms with Crippen LogP contribution in [0.2, 0.25) is 0 Å². The molecule has 0 aliphatic carbocycles.